The smallest absolute Gasteiger partial charge is 0.249 e. The van der Waals surface area contributed by atoms with E-state index in [0.29, 0.717) is 19.3 Å². The monoisotopic (exact) mass is 1090 g/mol. The summed E-state index contributed by atoms with van der Waals surface area (Å²) >= 11 is 0. The highest BCUT2D eigenvalue weighted by molar-refractivity contribution is 5.80. The molecule has 11 nitrogen and oxygen atoms in total. The second kappa shape index (κ2) is 55.1. The van der Waals surface area contributed by atoms with Crippen molar-refractivity contribution >= 4 is 5.91 Å². The van der Waals surface area contributed by atoms with Crippen molar-refractivity contribution in [2.75, 3.05) is 13.2 Å². The first kappa shape index (κ1) is 73.6. The third kappa shape index (κ3) is 43.0. The summed E-state index contributed by atoms with van der Waals surface area (Å²) in [6, 6.07) is -1.19. The molecular formula is C66H127NO10. The van der Waals surface area contributed by atoms with Gasteiger partial charge in [0.2, 0.25) is 5.91 Å². The molecule has 0 aromatic heterocycles. The largest absolute Gasteiger partial charge is 0.394 e. The van der Waals surface area contributed by atoms with Crippen LogP contribution in [0, 0.1) is 0 Å². The fraction of sp³-hybridized carbons (Fsp3) is 0.924. The Bertz CT molecular complexity index is 1300. The van der Waals surface area contributed by atoms with E-state index in [-0.39, 0.29) is 12.8 Å². The number of carbonyl (C=O) groups is 1. The molecule has 11 heteroatoms. The third-order valence-corrected chi connectivity index (χ3v) is 16.2. The van der Waals surface area contributed by atoms with Crippen molar-refractivity contribution < 1.29 is 50.0 Å². The fourth-order valence-electron chi connectivity index (χ4n) is 10.9. The minimum atomic E-state index is -1.67. The van der Waals surface area contributed by atoms with Gasteiger partial charge in [0, 0.05) is 0 Å². The van der Waals surface area contributed by atoms with Crippen LogP contribution in [-0.4, -0.2) is 110 Å². The SMILES string of the molecule is CCCCCCCCCCCCCCCCCCC/C=C/CC/C=C/CCCC(O)C(O)C(COC1OC(CO)C(O)C(O)C1O)NC(=O)C(O)CCCCCCCCCCCCCCCCCCCCCCCCCC. The average molecular weight is 1090 g/mol. The van der Waals surface area contributed by atoms with Gasteiger partial charge >= 0.3 is 0 Å². The summed E-state index contributed by atoms with van der Waals surface area (Å²) < 4.78 is 11.2. The van der Waals surface area contributed by atoms with Crippen molar-refractivity contribution in [3.05, 3.63) is 24.3 Å². The summed E-state index contributed by atoms with van der Waals surface area (Å²) in [7, 11) is 0. The molecule has 77 heavy (non-hydrogen) atoms. The van der Waals surface area contributed by atoms with Crippen LogP contribution in [0.3, 0.4) is 0 Å². The zero-order valence-electron chi connectivity index (χ0n) is 50.2. The number of allylic oxidation sites excluding steroid dienone is 4. The van der Waals surface area contributed by atoms with Crippen LogP contribution in [-0.2, 0) is 14.3 Å². The molecule has 0 aliphatic carbocycles. The Hall–Kier alpha value is -1.41. The van der Waals surface area contributed by atoms with E-state index in [9.17, 15) is 40.5 Å². The van der Waals surface area contributed by atoms with Crippen LogP contribution in [0.2, 0.25) is 0 Å². The summed E-state index contributed by atoms with van der Waals surface area (Å²) in [5.74, 6) is -0.704. The van der Waals surface area contributed by atoms with Crippen molar-refractivity contribution in [2.24, 2.45) is 0 Å². The van der Waals surface area contributed by atoms with Crippen LogP contribution >= 0.6 is 0 Å². The molecule has 1 saturated heterocycles. The molecule has 9 atom stereocenters. The van der Waals surface area contributed by atoms with Gasteiger partial charge in [-0.05, 0) is 51.4 Å². The number of unbranched alkanes of at least 4 members (excludes halogenated alkanes) is 42. The van der Waals surface area contributed by atoms with Gasteiger partial charge in [0.15, 0.2) is 6.29 Å². The van der Waals surface area contributed by atoms with Crippen LogP contribution in [0.4, 0.5) is 0 Å². The second-order valence-electron chi connectivity index (χ2n) is 23.5. The zero-order valence-corrected chi connectivity index (χ0v) is 50.2. The highest BCUT2D eigenvalue weighted by atomic mass is 16.7. The van der Waals surface area contributed by atoms with Crippen molar-refractivity contribution in [1.82, 2.24) is 5.32 Å². The van der Waals surface area contributed by atoms with Crippen molar-refractivity contribution in [2.45, 2.75) is 377 Å². The maximum absolute atomic E-state index is 13.2. The Morgan fingerprint density at radius 1 is 0.442 bits per heavy atom. The molecule has 1 rings (SSSR count). The van der Waals surface area contributed by atoms with Crippen LogP contribution in [0.5, 0.6) is 0 Å². The molecule has 0 aromatic rings. The molecule has 1 fully saturated rings. The summed E-state index contributed by atoms with van der Waals surface area (Å²) in [6.07, 6.45) is 56.8. The molecule has 1 aliphatic heterocycles. The van der Waals surface area contributed by atoms with Crippen molar-refractivity contribution in [3.63, 3.8) is 0 Å². The van der Waals surface area contributed by atoms with E-state index >= 15 is 0 Å². The lowest BCUT2D eigenvalue weighted by Gasteiger charge is -2.40. The van der Waals surface area contributed by atoms with E-state index in [0.717, 1.165) is 38.5 Å². The highest BCUT2D eigenvalue weighted by Crippen LogP contribution is 2.24. The van der Waals surface area contributed by atoms with Gasteiger partial charge in [-0.2, -0.15) is 0 Å². The van der Waals surface area contributed by atoms with Gasteiger partial charge in [0.1, 0.15) is 36.6 Å². The van der Waals surface area contributed by atoms with Crippen LogP contribution in [0.15, 0.2) is 24.3 Å². The van der Waals surface area contributed by atoms with Gasteiger partial charge in [-0.3, -0.25) is 4.79 Å². The van der Waals surface area contributed by atoms with E-state index in [2.05, 4.69) is 43.5 Å². The summed E-state index contributed by atoms with van der Waals surface area (Å²) in [4.78, 5) is 13.2. The number of amides is 1. The number of aliphatic hydroxyl groups excluding tert-OH is 7. The number of ether oxygens (including phenoxy) is 2. The first-order valence-corrected chi connectivity index (χ1v) is 33.2. The third-order valence-electron chi connectivity index (χ3n) is 16.2. The Labute approximate surface area is 474 Å². The molecule has 0 spiro atoms. The Balaban J connectivity index is 2.26. The Morgan fingerprint density at radius 3 is 1.16 bits per heavy atom. The van der Waals surface area contributed by atoms with Crippen molar-refractivity contribution in [3.8, 4) is 0 Å². The maximum atomic E-state index is 13.2. The van der Waals surface area contributed by atoms with Crippen LogP contribution < -0.4 is 5.32 Å². The Kier molecular flexibility index (Phi) is 52.7. The molecule has 456 valence electrons. The van der Waals surface area contributed by atoms with E-state index in [1.54, 1.807) is 0 Å². The number of hydrogen-bond donors (Lipinski definition) is 8. The second-order valence-corrected chi connectivity index (χ2v) is 23.5. The average Bonchev–Trinajstić information content (AvgIpc) is 3.43. The quantitative estimate of drug-likeness (QED) is 0.0215. The molecule has 0 saturated carbocycles. The highest BCUT2D eigenvalue weighted by Gasteiger charge is 2.44. The van der Waals surface area contributed by atoms with Crippen LogP contribution in [0.25, 0.3) is 0 Å². The minimum Gasteiger partial charge on any atom is -0.394 e. The molecule has 9 unspecified atom stereocenters. The minimum absolute atomic E-state index is 0.249. The first-order chi connectivity index (χ1) is 37.7. The Morgan fingerprint density at radius 2 is 0.779 bits per heavy atom. The molecule has 1 aliphatic rings. The molecule has 1 amide bonds. The predicted octanol–water partition coefficient (Wildman–Crippen LogP) is 15.2. The number of hydrogen-bond acceptors (Lipinski definition) is 10. The maximum Gasteiger partial charge on any atom is 0.249 e. The lowest BCUT2D eigenvalue weighted by molar-refractivity contribution is -0.303. The summed E-state index contributed by atoms with van der Waals surface area (Å²) in [5.41, 5.74) is 0. The van der Waals surface area contributed by atoms with Gasteiger partial charge in [0.25, 0.3) is 0 Å². The van der Waals surface area contributed by atoms with Crippen molar-refractivity contribution in [1.29, 1.82) is 0 Å². The standard InChI is InChI=1S/C66H127NO10/c1-3-5-7-9-11-13-15-17-19-21-23-25-27-29-30-32-33-35-37-39-41-43-45-47-49-51-53-58(69)61(71)57(56-76-66-64(74)63(73)62(72)60(55-68)77-66)67-65(75)59(70)54-52-50-48-46-44-42-40-38-36-34-31-28-26-24-22-20-18-16-14-12-10-8-6-4-2/h37,39,45,47,57-64,66,68-74H,3-36,38,40-44,46,48-56H2,1-2H3,(H,67,75)/b39-37+,47-45+. The molecular weight excluding hydrogens is 967 g/mol. The van der Waals surface area contributed by atoms with Gasteiger partial charge in [0.05, 0.1) is 25.4 Å². The molecule has 0 radical (unpaired) electrons. The number of aliphatic hydroxyl groups is 7. The number of carbonyl (C=O) groups excluding carboxylic acids is 1. The summed E-state index contributed by atoms with van der Waals surface area (Å²) in [6.45, 7) is 3.49. The molecule has 1 heterocycles. The van der Waals surface area contributed by atoms with E-state index in [1.807, 2.05) is 0 Å². The number of rotatable bonds is 58. The normalized spacial score (nSPS) is 19.6. The topological polar surface area (TPSA) is 189 Å². The van der Waals surface area contributed by atoms with Gasteiger partial charge in [-0.15, -0.1) is 0 Å². The predicted molar refractivity (Wildman–Crippen MR) is 321 cm³/mol. The van der Waals surface area contributed by atoms with Crippen LogP contribution in [0.1, 0.15) is 322 Å². The molecule has 0 aromatic carbocycles. The zero-order chi connectivity index (χ0) is 56.1. The lowest BCUT2D eigenvalue weighted by Crippen LogP contribution is -2.60. The fourth-order valence-corrected chi connectivity index (χ4v) is 10.9. The number of nitrogens with one attached hydrogen (secondary N) is 1. The van der Waals surface area contributed by atoms with E-state index < -0.39 is 74.2 Å². The van der Waals surface area contributed by atoms with Gasteiger partial charge in [-0.25, -0.2) is 0 Å². The lowest BCUT2D eigenvalue weighted by atomic mass is 9.98. The van der Waals surface area contributed by atoms with E-state index in [4.69, 9.17) is 9.47 Å². The molecule has 0 bridgehead atoms. The van der Waals surface area contributed by atoms with E-state index in [1.165, 1.54) is 238 Å². The summed E-state index contributed by atoms with van der Waals surface area (Å²) in [5, 5.41) is 76.4. The molecule has 8 N–H and O–H groups in total. The van der Waals surface area contributed by atoms with Gasteiger partial charge in [-0.1, -0.05) is 295 Å². The first-order valence-electron chi connectivity index (χ1n) is 33.2. The van der Waals surface area contributed by atoms with Gasteiger partial charge < -0.3 is 50.5 Å².